The highest BCUT2D eigenvalue weighted by Crippen LogP contribution is 2.29. The quantitative estimate of drug-likeness (QED) is 0.421. The average Bonchev–Trinajstić information content (AvgIpc) is 2.77. The molecule has 0 radical (unpaired) electrons. The summed E-state index contributed by atoms with van der Waals surface area (Å²) in [6.45, 7) is 4.14. The van der Waals surface area contributed by atoms with E-state index < -0.39 is 6.10 Å². The first-order valence-electron chi connectivity index (χ1n) is 9.78. The van der Waals surface area contributed by atoms with Crippen LogP contribution in [0.3, 0.4) is 0 Å². The zero-order valence-corrected chi connectivity index (χ0v) is 19.5. The molecule has 0 fully saturated rings. The molecule has 31 heavy (non-hydrogen) atoms. The van der Waals surface area contributed by atoms with Crippen LogP contribution in [0.25, 0.3) is 0 Å². The van der Waals surface area contributed by atoms with Crippen molar-refractivity contribution in [3.8, 4) is 5.75 Å². The SMILES string of the molecule is CCN(C(=O)c1ccc(NC(=O)C(C)Oc2ccc(Cl)cc2Br)cc1)c1ccccc1. The van der Waals surface area contributed by atoms with Gasteiger partial charge in [0.1, 0.15) is 5.75 Å². The monoisotopic (exact) mass is 500 g/mol. The van der Waals surface area contributed by atoms with Gasteiger partial charge in [0.2, 0.25) is 0 Å². The van der Waals surface area contributed by atoms with E-state index >= 15 is 0 Å². The molecule has 160 valence electrons. The summed E-state index contributed by atoms with van der Waals surface area (Å²) in [5.74, 6) is 0.116. The average molecular weight is 502 g/mol. The van der Waals surface area contributed by atoms with Crippen LogP contribution in [0, 0.1) is 0 Å². The first kappa shape index (κ1) is 22.8. The summed E-state index contributed by atoms with van der Waals surface area (Å²) in [5.41, 5.74) is 1.96. The Balaban J connectivity index is 1.64. The predicted octanol–water partition coefficient (Wildman–Crippen LogP) is 6.18. The molecular weight excluding hydrogens is 480 g/mol. The summed E-state index contributed by atoms with van der Waals surface area (Å²) in [5, 5.41) is 3.37. The number of para-hydroxylation sites is 1. The third-order valence-corrected chi connectivity index (χ3v) is 5.45. The van der Waals surface area contributed by atoms with E-state index in [0.29, 0.717) is 33.0 Å². The van der Waals surface area contributed by atoms with Gasteiger partial charge in [-0.25, -0.2) is 0 Å². The van der Waals surface area contributed by atoms with Gasteiger partial charge in [0.05, 0.1) is 4.47 Å². The second-order valence-electron chi connectivity index (χ2n) is 6.79. The smallest absolute Gasteiger partial charge is 0.265 e. The standard InChI is InChI=1S/C24H22BrClN2O3/c1-3-28(20-7-5-4-6-8-20)24(30)17-9-12-19(13-10-17)27-23(29)16(2)31-22-14-11-18(26)15-21(22)25/h4-16H,3H2,1-2H3,(H,27,29). The van der Waals surface area contributed by atoms with Crippen LogP contribution in [0.5, 0.6) is 5.75 Å². The highest BCUT2D eigenvalue weighted by Gasteiger charge is 2.18. The number of halogens is 2. The minimum Gasteiger partial charge on any atom is -0.480 e. The van der Waals surface area contributed by atoms with E-state index in [1.807, 2.05) is 37.3 Å². The minimum atomic E-state index is -0.729. The van der Waals surface area contributed by atoms with Crippen molar-refractivity contribution >= 4 is 50.7 Å². The molecule has 0 aromatic heterocycles. The fourth-order valence-electron chi connectivity index (χ4n) is 2.96. The van der Waals surface area contributed by atoms with Gasteiger partial charge < -0.3 is 15.0 Å². The van der Waals surface area contributed by atoms with Gasteiger partial charge in [0, 0.05) is 28.5 Å². The molecule has 0 bridgehead atoms. The first-order chi connectivity index (χ1) is 14.9. The van der Waals surface area contributed by atoms with E-state index in [1.54, 1.807) is 54.3 Å². The van der Waals surface area contributed by atoms with Crippen LogP contribution in [0.1, 0.15) is 24.2 Å². The van der Waals surface area contributed by atoms with Gasteiger partial charge in [-0.2, -0.15) is 0 Å². The fourth-order valence-corrected chi connectivity index (χ4v) is 3.74. The lowest BCUT2D eigenvalue weighted by molar-refractivity contribution is -0.122. The van der Waals surface area contributed by atoms with Crippen molar-refractivity contribution in [2.75, 3.05) is 16.8 Å². The Morgan fingerprint density at radius 1 is 1.06 bits per heavy atom. The molecule has 1 N–H and O–H groups in total. The maximum atomic E-state index is 12.9. The van der Waals surface area contributed by atoms with Crippen LogP contribution in [-0.4, -0.2) is 24.5 Å². The van der Waals surface area contributed by atoms with E-state index in [1.165, 1.54) is 0 Å². The van der Waals surface area contributed by atoms with Crippen molar-refractivity contribution in [3.63, 3.8) is 0 Å². The largest absolute Gasteiger partial charge is 0.480 e. The summed E-state index contributed by atoms with van der Waals surface area (Å²) >= 11 is 9.30. The molecule has 5 nitrogen and oxygen atoms in total. The number of hydrogen-bond donors (Lipinski definition) is 1. The van der Waals surface area contributed by atoms with E-state index in [4.69, 9.17) is 16.3 Å². The number of nitrogens with one attached hydrogen (secondary N) is 1. The zero-order valence-electron chi connectivity index (χ0n) is 17.1. The molecule has 0 heterocycles. The number of hydrogen-bond acceptors (Lipinski definition) is 3. The number of anilines is 2. The first-order valence-corrected chi connectivity index (χ1v) is 11.0. The van der Waals surface area contributed by atoms with Crippen LogP contribution >= 0.6 is 27.5 Å². The summed E-state index contributed by atoms with van der Waals surface area (Å²) in [4.78, 5) is 27.1. The Morgan fingerprint density at radius 3 is 2.35 bits per heavy atom. The fraction of sp³-hybridized carbons (Fsp3) is 0.167. The molecule has 7 heteroatoms. The number of amides is 2. The van der Waals surface area contributed by atoms with Crippen LogP contribution in [0.2, 0.25) is 5.02 Å². The lowest BCUT2D eigenvalue weighted by Crippen LogP contribution is -2.31. The number of benzene rings is 3. The molecule has 0 saturated heterocycles. The van der Waals surface area contributed by atoms with Crippen LogP contribution < -0.4 is 15.0 Å². The van der Waals surface area contributed by atoms with Gasteiger partial charge in [-0.15, -0.1) is 0 Å². The number of ether oxygens (including phenoxy) is 1. The molecule has 0 aliphatic heterocycles. The van der Waals surface area contributed by atoms with Gasteiger partial charge in [-0.05, 0) is 84.4 Å². The molecular formula is C24H22BrClN2O3. The Morgan fingerprint density at radius 2 is 1.74 bits per heavy atom. The van der Waals surface area contributed by atoms with E-state index in [-0.39, 0.29) is 11.8 Å². The Hall–Kier alpha value is -2.83. The Bertz CT molecular complexity index is 1060. The van der Waals surface area contributed by atoms with Crippen molar-refractivity contribution in [2.45, 2.75) is 20.0 Å². The summed E-state index contributed by atoms with van der Waals surface area (Å²) < 4.78 is 6.38. The van der Waals surface area contributed by atoms with Crippen molar-refractivity contribution in [3.05, 3.63) is 87.9 Å². The lowest BCUT2D eigenvalue weighted by Gasteiger charge is -2.21. The predicted molar refractivity (Wildman–Crippen MR) is 128 cm³/mol. The Kier molecular flexibility index (Phi) is 7.71. The molecule has 0 spiro atoms. The lowest BCUT2D eigenvalue weighted by atomic mass is 10.1. The highest BCUT2D eigenvalue weighted by molar-refractivity contribution is 9.10. The maximum Gasteiger partial charge on any atom is 0.265 e. The van der Waals surface area contributed by atoms with E-state index in [0.717, 1.165) is 5.69 Å². The van der Waals surface area contributed by atoms with Crippen molar-refractivity contribution < 1.29 is 14.3 Å². The third-order valence-electron chi connectivity index (χ3n) is 4.60. The van der Waals surface area contributed by atoms with Gasteiger partial charge in [0.15, 0.2) is 6.10 Å². The minimum absolute atomic E-state index is 0.101. The molecule has 0 saturated carbocycles. The normalized spacial score (nSPS) is 11.5. The summed E-state index contributed by atoms with van der Waals surface area (Å²) in [6, 6.07) is 21.4. The van der Waals surface area contributed by atoms with Gasteiger partial charge in [-0.1, -0.05) is 29.8 Å². The molecule has 3 aromatic carbocycles. The number of carbonyl (C=O) groups is 2. The summed E-state index contributed by atoms with van der Waals surface area (Å²) in [6.07, 6.45) is -0.729. The van der Waals surface area contributed by atoms with E-state index in [2.05, 4.69) is 21.2 Å². The highest BCUT2D eigenvalue weighted by atomic mass is 79.9. The van der Waals surface area contributed by atoms with Gasteiger partial charge in [-0.3, -0.25) is 9.59 Å². The third kappa shape index (κ3) is 5.87. The van der Waals surface area contributed by atoms with E-state index in [9.17, 15) is 9.59 Å². The molecule has 2 amide bonds. The maximum absolute atomic E-state index is 12.9. The van der Waals surface area contributed by atoms with Crippen LogP contribution in [-0.2, 0) is 4.79 Å². The number of nitrogens with zero attached hydrogens (tertiary/aromatic N) is 1. The van der Waals surface area contributed by atoms with Gasteiger partial charge >= 0.3 is 0 Å². The second-order valence-corrected chi connectivity index (χ2v) is 8.08. The molecule has 3 rings (SSSR count). The second kappa shape index (κ2) is 10.5. The Labute approximate surface area is 195 Å². The molecule has 3 aromatic rings. The summed E-state index contributed by atoms with van der Waals surface area (Å²) in [7, 11) is 0. The van der Waals surface area contributed by atoms with Crippen molar-refractivity contribution in [1.29, 1.82) is 0 Å². The topological polar surface area (TPSA) is 58.6 Å². The molecule has 1 unspecified atom stereocenters. The molecule has 0 aliphatic rings. The number of rotatable bonds is 7. The van der Waals surface area contributed by atoms with Gasteiger partial charge in [0.25, 0.3) is 11.8 Å². The zero-order chi connectivity index (χ0) is 22.4. The van der Waals surface area contributed by atoms with Crippen LogP contribution in [0.15, 0.2) is 77.3 Å². The number of carbonyl (C=O) groups excluding carboxylic acids is 2. The van der Waals surface area contributed by atoms with Crippen LogP contribution in [0.4, 0.5) is 11.4 Å². The molecule has 1 atom stereocenters. The molecule has 0 aliphatic carbocycles. The van der Waals surface area contributed by atoms with Crippen molar-refractivity contribution in [2.24, 2.45) is 0 Å². The van der Waals surface area contributed by atoms with Crippen molar-refractivity contribution in [1.82, 2.24) is 0 Å².